The van der Waals surface area contributed by atoms with Crippen molar-refractivity contribution in [2.24, 2.45) is 10.8 Å². The summed E-state index contributed by atoms with van der Waals surface area (Å²) in [7, 11) is 0. The van der Waals surface area contributed by atoms with Gasteiger partial charge in [-0.25, -0.2) is 4.79 Å². The molecule has 0 aromatic heterocycles. The molecule has 1 saturated carbocycles. The number of hydrogen-bond donors (Lipinski definition) is 0. The lowest BCUT2D eigenvalue weighted by atomic mass is 9.66. The van der Waals surface area contributed by atoms with Gasteiger partial charge in [0.25, 0.3) is 0 Å². The Morgan fingerprint density at radius 1 is 1.12 bits per heavy atom. The van der Waals surface area contributed by atoms with Gasteiger partial charge in [0.05, 0.1) is 5.41 Å². The van der Waals surface area contributed by atoms with Crippen LogP contribution in [0.2, 0.25) is 0 Å². The highest BCUT2D eigenvalue weighted by atomic mass is 16.6. The lowest BCUT2D eigenvalue weighted by molar-refractivity contribution is -0.185. The highest BCUT2D eigenvalue weighted by Crippen LogP contribution is 2.65. The second-order valence-electron chi connectivity index (χ2n) is 8.39. The monoisotopic (exact) mass is 334 g/mol. The van der Waals surface area contributed by atoms with Crippen molar-refractivity contribution in [3.63, 3.8) is 0 Å². The first-order valence-electron chi connectivity index (χ1n) is 9.45. The van der Waals surface area contributed by atoms with Gasteiger partial charge in [0.1, 0.15) is 6.10 Å². The molecule has 134 valence electrons. The third-order valence-electron chi connectivity index (χ3n) is 6.88. The van der Waals surface area contributed by atoms with Crippen LogP contribution in [0.4, 0.5) is 0 Å². The van der Waals surface area contributed by atoms with Crippen molar-refractivity contribution in [1.29, 1.82) is 0 Å². The van der Waals surface area contributed by atoms with E-state index in [1.807, 2.05) is 26.8 Å². The van der Waals surface area contributed by atoms with Crippen LogP contribution in [-0.2, 0) is 19.1 Å². The van der Waals surface area contributed by atoms with E-state index in [4.69, 9.17) is 9.47 Å². The molecule has 4 heteroatoms. The van der Waals surface area contributed by atoms with Gasteiger partial charge in [-0.2, -0.15) is 0 Å². The Balaban J connectivity index is 1.75. The molecule has 3 atom stereocenters. The number of fused-ring (bicyclic) bond motifs is 2. The fraction of sp³-hybridized carbons (Fsp3) is 0.800. The van der Waals surface area contributed by atoms with E-state index < -0.39 is 16.4 Å². The van der Waals surface area contributed by atoms with E-state index in [1.165, 1.54) is 25.7 Å². The molecule has 3 aliphatic rings. The predicted octanol–water partition coefficient (Wildman–Crippen LogP) is 4.32. The Kier molecular flexibility index (Phi) is 4.52. The predicted molar refractivity (Wildman–Crippen MR) is 91.3 cm³/mol. The molecule has 1 heterocycles. The molecule has 1 saturated heterocycles. The van der Waals surface area contributed by atoms with E-state index in [2.05, 4.69) is 6.08 Å². The smallest absolute Gasteiger partial charge is 0.351 e. The molecule has 0 N–H and O–H groups in total. The molecule has 3 rings (SSSR count). The Morgan fingerprint density at radius 2 is 1.83 bits per heavy atom. The molecule has 0 spiro atoms. The van der Waals surface area contributed by atoms with Crippen LogP contribution in [0.5, 0.6) is 0 Å². The minimum atomic E-state index is -1.11. The van der Waals surface area contributed by atoms with E-state index in [-0.39, 0.29) is 18.0 Å². The summed E-state index contributed by atoms with van der Waals surface area (Å²) in [5.41, 5.74) is -2.23. The number of carbonyl (C=O) groups excluding carboxylic acids is 2. The standard InChI is InChI=1S/C20H30O4/c1-18(2)19(3)13-14-20(18,24-16(19)21)17(22)23-15-11-9-7-5-4-6-8-10-12-15/h9,11,15H,4-8,10,12-14H2,1-3H3/b11-9+/t15?,19?,20-/m1/s1. The Morgan fingerprint density at radius 3 is 2.50 bits per heavy atom. The first-order chi connectivity index (χ1) is 11.3. The maximum atomic E-state index is 13.0. The number of hydrogen-bond acceptors (Lipinski definition) is 4. The second-order valence-corrected chi connectivity index (χ2v) is 8.39. The van der Waals surface area contributed by atoms with Gasteiger partial charge in [0.15, 0.2) is 0 Å². The molecule has 2 bridgehead atoms. The van der Waals surface area contributed by atoms with E-state index in [9.17, 15) is 9.59 Å². The minimum Gasteiger partial charge on any atom is -0.455 e. The van der Waals surface area contributed by atoms with Crippen LogP contribution in [0.3, 0.4) is 0 Å². The summed E-state index contributed by atoms with van der Waals surface area (Å²) in [5, 5.41) is 0. The molecule has 4 nitrogen and oxygen atoms in total. The molecule has 0 aromatic carbocycles. The van der Waals surface area contributed by atoms with Crippen molar-refractivity contribution in [3.8, 4) is 0 Å². The van der Waals surface area contributed by atoms with Crippen LogP contribution in [0, 0.1) is 10.8 Å². The summed E-state index contributed by atoms with van der Waals surface area (Å²) in [6.07, 6.45) is 13.1. The average molecular weight is 334 g/mol. The number of allylic oxidation sites excluding steroid dienone is 1. The number of esters is 2. The number of carbonyl (C=O) groups is 2. The van der Waals surface area contributed by atoms with Gasteiger partial charge in [-0.15, -0.1) is 0 Å². The van der Waals surface area contributed by atoms with Crippen LogP contribution in [-0.4, -0.2) is 23.6 Å². The third-order valence-corrected chi connectivity index (χ3v) is 6.88. The normalized spacial score (nSPS) is 40.0. The maximum absolute atomic E-state index is 13.0. The molecule has 2 fully saturated rings. The van der Waals surface area contributed by atoms with Crippen molar-refractivity contribution in [3.05, 3.63) is 12.2 Å². The first-order valence-corrected chi connectivity index (χ1v) is 9.45. The summed E-state index contributed by atoms with van der Waals surface area (Å²) in [4.78, 5) is 25.3. The molecule has 2 aliphatic carbocycles. The largest absolute Gasteiger partial charge is 0.455 e. The molecular weight excluding hydrogens is 304 g/mol. The molecule has 0 radical (unpaired) electrons. The van der Waals surface area contributed by atoms with Gasteiger partial charge in [-0.05, 0) is 51.5 Å². The van der Waals surface area contributed by atoms with Crippen molar-refractivity contribution in [2.75, 3.05) is 0 Å². The van der Waals surface area contributed by atoms with E-state index in [1.54, 1.807) is 0 Å². The summed E-state index contributed by atoms with van der Waals surface area (Å²) in [5.74, 6) is -0.606. The lowest BCUT2D eigenvalue weighted by Crippen LogP contribution is -2.49. The maximum Gasteiger partial charge on any atom is 0.351 e. The molecule has 1 aliphatic heterocycles. The molecular formula is C20H30O4. The summed E-state index contributed by atoms with van der Waals surface area (Å²) in [6, 6.07) is 0. The number of ether oxygens (including phenoxy) is 2. The van der Waals surface area contributed by atoms with Crippen molar-refractivity contribution < 1.29 is 19.1 Å². The van der Waals surface area contributed by atoms with Crippen LogP contribution >= 0.6 is 0 Å². The van der Waals surface area contributed by atoms with Crippen molar-refractivity contribution >= 4 is 11.9 Å². The van der Waals surface area contributed by atoms with Crippen LogP contribution in [0.1, 0.15) is 78.6 Å². The minimum absolute atomic E-state index is 0.202. The fourth-order valence-electron chi connectivity index (χ4n) is 4.52. The van der Waals surface area contributed by atoms with Crippen LogP contribution in [0.15, 0.2) is 12.2 Å². The summed E-state index contributed by atoms with van der Waals surface area (Å²) in [6.45, 7) is 5.85. The molecule has 24 heavy (non-hydrogen) atoms. The second kappa shape index (κ2) is 6.20. The van der Waals surface area contributed by atoms with Gasteiger partial charge in [-0.3, -0.25) is 4.79 Å². The highest BCUT2D eigenvalue weighted by molar-refractivity contribution is 5.93. The van der Waals surface area contributed by atoms with Gasteiger partial charge >= 0.3 is 11.9 Å². The SMILES string of the molecule is CC12CC[C@](C(=O)OC3/C=C/CCCCCCC3)(OC1=O)C2(C)C. The lowest BCUT2D eigenvalue weighted by Gasteiger charge is -2.35. The van der Waals surface area contributed by atoms with E-state index in [0.717, 1.165) is 19.3 Å². The third kappa shape index (κ3) is 2.49. The summed E-state index contributed by atoms with van der Waals surface area (Å²) >= 11 is 0. The zero-order valence-electron chi connectivity index (χ0n) is 15.2. The zero-order chi connectivity index (χ0) is 17.4. The van der Waals surface area contributed by atoms with Gasteiger partial charge in [0.2, 0.25) is 5.60 Å². The molecule has 0 aromatic rings. The average Bonchev–Trinajstić information content (AvgIpc) is 2.84. The Hall–Kier alpha value is -1.32. The topological polar surface area (TPSA) is 52.6 Å². The van der Waals surface area contributed by atoms with Crippen LogP contribution in [0.25, 0.3) is 0 Å². The summed E-state index contributed by atoms with van der Waals surface area (Å²) < 4.78 is 11.5. The highest BCUT2D eigenvalue weighted by Gasteiger charge is 2.76. The van der Waals surface area contributed by atoms with Crippen molar-refractivity contribution in [1.82, 2.24) is 0 Å². The van der Waals surface area contributed by atoms with Crippen molar-refractivity contribution in [2.45, 2.75) is 90.3 Å². The Bertz CT molecular complexity index is 550. The molecule has 0 amide bonds. The number of rotatable bonds is 2. The van der Waals surface area contributed by atoms with Gasteiger partial charge < -0.3 is 9.47 Å². The van der Waals surface area contributed by atoms with Crippen LogP contribution < -0.4 is 0 Å². The first kappa shape index (κ1) is 17.5. The molecule has 2 unspecified atom stereocenters. The van der Waals surface area contributed by atoms with E-state index in [0.29, 0.717) is 12.8 Å². The van der Waals surface area contributed by atoms with Gasteiger partial charge in [0, 0.05) is 5.41 Å². The van der Waals surface area contributed by atoms with E-state index >= 15 is 0 Å². The quantitative estimate of drug-likeness (QED) is 0.557. The van der Waals surface area contributed by atoms with Gasteiger partial charge in [-0.1, -0.05) is 39.2 Å². The fourth-order valence-corrected chi connectivity index (χ4v) is 4.52. The Labute approximate surface area is 145 Å². The zero-order valence-corrected chi connectivity index (χ0v) is 15.2.